The molecule has 0 fully saturated rings. The van der Waals surface area contributed by atoms with Crippen LogP contribution in [0.5, 0.6) is 0 Å². The molecule has 6 heteroatoms. The highest BCUT2D eigenvalue weighted by molar-refractivity contribution is 7.18. The highest BCUT2D eigenvalue weighted by Crippen LogP contribution is 2.26. The molecular formula is C11H10ClN3OS. The molecular weight excluding hydrogens is 258 g/mol. The maximum absolute atomic E-state index is 11.9. The van der Waals surface area contributed by atoms with Crippen molar-refractivity contribution in [2.45, 2.75) is 25.7 Å². The molecule has 0 radical (unpaired) electrons. The summed E-state index contributed by atoms with van der Waals surface area (Å²) in [5, 5.41) is 0.667. The fourth-order valence-electron chi connectivity index (χ4n) is 2.07. The summed E-state index contributed by atoms with van der Waals surface area (Å²) in [7, 11) is 0. The minimum Gasteiger partial charge on any atom is -0.304 e. The first-order chi connectivity index (χ1) is 8.24. The van der Waals surface area contributed by atoms with Gasteiger partial charge in [-0.25, -0.2) is 9.97 Å². The van der Waals surface area contributed by atoms with Gasteiger partial charge in [-0.2, -0.15) is 0 Å². The van der Waals surface area contributed by atoms with Crippen molar-refractivity contribution in [2.24, 2.45) is 0 Å². The normalized spacial score (nSPS) is 14.6. The van der Waals surface area contributed by atoms with Gasteiger partial charge in [-0.05, 0) is 25.7 Å². The van der Waals surface area contributed by atoms with E-state index >= 15 is 0 Å². The molecule has 1 N–H and O–H groups in total. The van der Waals surface area contributed by atoms with Crippen molar-refractivity contribution in [1.82, 2.24) is 15.0 Å². The Hall–Kier alpha value is -1.20. The molecule has 88 valence electrons. The van der Waals surface area contributed by atoms with Crippen molar-refractivity contribution in [3.8, 4) is 10.8 Å². The topological polar surface area (TPSA) is 58.6 Å². The van der Waals surface area contributed by atoms with Crippen LogP contribution in [0, 0.1) is 0 Å². The zero-order chi connectivity index (χ0) is 11.8. The number of nitrogens with zero attached hydrogens (tertiary/aromatic N) is 2. The Balaban J connectivity index is 2.13. The first-order valence-corrected chi connectivity index (χ1v) is 6.67. The number of hydrogen-bond acceptors (Lipinski definition) is 4. The number of aromatic amines is 1. The van der Waals surface area contributed by atoms with Crippen molar-refractivity contribution >= 4 is 22.9 Å². The van der Waals surface area contributed by atoms with Crippen LogP contribution in [-0.4, -0.2) is 15.0 Å². The van der Waals surface area contributed by atoms with Gasteiger partial charge in [0.25, 0.3) is 5.56 Å². The fourth-order valence-corrected chi connectivity index (χ4v) is 2.93. The van der Waals surface area contributed by atoms with E-state index in [-0.39, 0.29) is 5.56 Å². The second-order valence-electron chi connectivity index (χ2n) is 4.02. The van der Waals surface area contributed by atoms with E-state index in [1.165, 1.54) is 11.3 Å². The summed E-state index contributed by atoms with van der Waals surface area (Å²) in [6.45, 7) is 0. The molecule has 0 unspecified atom stereocenters. The lowest BCUT2D eigenvalue weighted by Crippen LogP contribution is -2.21. The van der Waals surface area contributed by atoms with Crippen LogP contribution in [0.25, 0.3) is 10.8 Å². The van der Waals surface area contributed by atoms with Crippen molar-refractivity contribution in [1.29, 1.82) is 0 Å². The van der Waals surface area contributed by atoms with Crippen molar-refractivity contribution in [3.63, 3.8) is 0 Å². The molecule has 0 saturated heterocycles. The number of H-pyrrole nitrogens is 1. The van der Waals surface area contributed by atoms with Gasteiger partial charge in [0.1, 0.15) is 4.34 Å². The smallest absolute Gasteiger partial charge is 0.254 e. The second kappa shape index (κ2) is 4.23. The zero-order valence-corrected chi connectivity index (χ0v) is 10.6. The predicted molar refractivity (Wildman–Crippen MR) is 67.6 cm³/mol. The number of aromatic nitrogens is 3. The maximum Gasteiger partial charge on any atom is 0.254 e. The SMILES string of the molecule is O=c1[nH]c(-c2ncc(Cl)s2)nc2c1CCCC2. The third kappa shape index (κ3) is 2.00. The highest BCUT2D eigenvalue weighted by atomic mass is 35.5. The Morgan fingerprint density at radius 3 is 2.94 bits per heavy atom. The summed E-state index contributed by atoms with van der Waals surface area (Å²) in [5.74, 6) is 0.535. The third-order valence-corrected chi connectivity index (χ3v) is 3.99. The molecule has 2 aromatic rings. The molecule has 0 amide bonds. The number of nitrogens with one attached hydrogen (secondary N) is 1. The molecule has 4 nitrogen and oxygen atoms in total. The monoisotopic (exact) mass is 267 g/mol. The van der Waals surface area contributed by atoms with Crippen LogP contribution < -0.4 is 5.56 Å². The van der Waals surface area contributed by atoms with E-state index < -0.39 is 0 Å². The van der Waals surface area contributed by atoms with Crippen LogP contribution in [0.2, 0.25) is 4.34 Å². The standard InChI is InChI=1S/C11H10ClN3OS/c12-8-5-13-11(17-8)9-14-7-4-2-1-3-6(7)10(16)15-9/h5H,1-4H2,(H,14,15,16). The molecule has 0 atom stereocenters. The van der Waals surface area contributed by atoms with E-state index in [0.29, 0.717) is 15.2 Å². The molecule has 3 rings (SSSR count). The van der Waals surface area contributed by atoms with E-state index in [2.05, 4.69) is 15.0 Å². The lowest BCUT2D eigenvalue weighted by Gasteiger charge is -2.13. The first-order valence-electron chi connectivity index (χ1n) is 5.48. The number of aryl methyl sites for hydroxylation is 1. The van der Waals surface area contributed by atoms with Crippen molar-refractivity contribution in [3.05, 3.63) is 32.1 Å². The van der Waals surface area contributed by atoms with E-state index in [1.54, 1.807) is 6.20 Å². The highest BCUT2D eigenvalue weighted by Gasteiger charge is 2.17. The summed E-state index contributed by atoms with van der Waals surface area (Å²) >= 11 is 7.15. The van der Waals surface area contributed by atoms with Gasteiger partial charge in [-0.15, -0.1) is 0 Å². The summed E-state index contributed by atoms with van der Waals surface area (Å²) in [5.41, 5.74) is 1.72. The molecule has 17 heavy (non-hydrogen) atoms. The molecule has 2 heterocycles. The van der Waals surface area contributed by atoms with Crippen LogP contribution in [-0.2, 0) is 12.8 Å². The van der Waals surface area contributed by atoms with Gasteiger partial charge in [-0.3, -0.25) is 4.79 Å². The Labute approximate surface area is 107 Å². The van der Waals surface area contributed by atoms with Crippen LogP contribution >= 0.6 is 22.9 Å². The molecule has 2 aromatic heterocycles. The Bertz CT molecular complexity index is 619. The zero-order valence-electron chi connectivity index (χ0n) is 8.99. The van der Waals surface area contributed by atoms with E-state index in [0.717, 1.165) is 36.9 Å². The summed E-state index contributed by atoms with van der Waals surface area (Å²) in [4.78, 5) is 23.3. The number of rotatable bonds is 1. The minimum atomic E-state index is -0.0315. The molecule has 0 spiro atoms. The summed E-state index contributed by atoms with van der Waals surface area (Å²) in [6, 6.07) is 0. The number of hydrogen-bond donors (Lipinski definition) is 1. The molecule has 0 aromatic carbocycles. The third-order valence-electron chi connectivity index (χ3n) is 2.87. The van der Waals surface area contributed by atoms with E-state index in [9.17, 15) is 4.79 Å². The van der Waals surface area contributed by atoms with Gasteiger partial charge in [0.2, 0.25) is 0 Å². The molecule has 1 aliphatic carbocycles. The van der Waals surface area contributed by atoms with Gasteiger partial charge < -0.3 is 4.98 Å². The Kier molecular flexibility index (Phi) is 2.72. The van der Waals surface area contributed by atoms with Crippen LogP contribution in [0.4, 0.5) is 0 Å². The Morgan fingerprint density at radius 1 is 1.35 bits per heavy atom. The summed E-state index contributed by atoms with van der Waals surface area (Å²) in [6.07, 6.45) is 5.45. The maximum atomic E-state index is 11.9. The average Bonchev–Trinajstić information content (AvgIpc) is 2.76. The van der Waals surface area contributed by atoms with Gasteiger partial charge in [0.05, 0.1) is 11.9 Å². The average molecular weight is 268 g/mol. The van der Waals surface area contributed by atoms with Crippen LogP contribution in [0.15, 0.2) is 11.0 Å². The quantitative estimate of drug-likeness (QED) is 0.863. The van der Waals surface area contributed by atoms with Crippen molar-refractivity contribution < 1.29 is 0 Å². The van der Waals surface area contributed by atoms with Gasteiger partial charge in [0, 0.05) is 5.56 Å². The number of halogens is 1. The first kappa shape index (κ1) is 10.9. The lowest BCUT2D eigenvalue weighted by molar-refractivity contribution is 0.657. The lowest BCUT2D eigenvalue weighted by atomic mass is 9.97. The second-order valence-corrected chi connectivity index (χ2v) is 5.68. The largest absolute Gasteiger partial charge is 0.304 e. The van der Waals surface area contributed by atoms with E-state index in [1.807, 2.05) is 0 Å². The van der Waals surface area contributed by atoms with Gasteiger partial charge in [0.15, 0.2) is 10.8 Å². The van der Waals surface area contributed by atoms with Gasteiger partial charge >= 0.3 is 0 Å². The molecule has 0 aliphatic heterocycles. The van der Waals surface area contributed by atoms with Gasteiger partial charge in [-0.1, -0.05) is 22.9 Å². The predicted octanol–water partition coefficient (Wildman–Crippen LogP) is 2.43. The minimum absolute atomic E-state index is 0.0315. The van der Waals surface area contributed by atoms with Crippen molar-refractivity contribution in [2.75, 3.05) is 0 Å². The fraction of sp³-hybridized carbons (Fsp3) is 0.364. The van der Waals surface area contributed by atoms with E-state index in [4.69, 9.17) is 11.6 Å². The molecule has 1 aliphatic rings. The Morgan fingerprint density at radius 2 is 2.18 bits per heavy atom. The number of thiazole rings is 1. The summed E-state index contributed by atoms with van der Waals surface area (Å²) < 4.78 is 0.598. The molecule has 0 saturated carbocycles. The van der Waals surface area contributed by atoms with Crippen LogP contribution in [0.1, 0.15) is 24.1 Å². The number of fused-ring (bicyclic) bond motifs is 1. The van der Waals surface area contributed by atoms with Crippen LogP contribution in [0.3, 0.4) is 0 Å². The molecule has 0 bridgehead atoms.